The number of nitrogens with zero attached hydrogens (tertiary/aromatic N) is 2. The Hall–Kier alpha value is -2.57. The van der Waals surface area contributed by atoms with Crippen molar-refractivity contribution in [1.82, 2.24) is 14.9 Å². The zero-order valence-corrected chi connectivity index (χ0v) is 15.8. The molecule has 0 aliphatic heterocycles. The molecule has 1 heterocycles. The molecule has 27 heavy (non-hydrogen) atoms. The number of nitrogens with one attached hydrogen (secondary N) is 1. The number of carbonyl (C=O) groups excluding carboxylic acids is 1. The first-order valence-corrected chi connectivity index (χ1v) is 9.09. The monoisotopic (exact) mass is 405 g/mol. The van der Waals surface area contributed by atoms with Crippen LogP contribution in [0, 0.1) is 0 Å². The van der Waals surface area contributed by atoms with Crippen LogP contribution in [-0.4, -0.2) is 28.6 Å². The lowest BCUT2D eigenvalue weighted by Crippen LogP contribution is -2.33. The Balaban J connectivity index is 1.46. The molecule has 0 radical (unpaired) electrons. The topological polar surface area (TPSA) is 73.2 Å². The van der Waals surface area contributed by atoms with Gasteiger partial charge in [0.1, 0.15) is 12.3 Å². The number of carbonyl (C=O) groups is 1. The Kier molecular flexibility index (Phi) is 6.32. The van der Waals surface area contributed by atoms with Crippen LogP contribution >= 0.6 is 23.2 Å². The molecule has 140 valence electrons. The number of halogens is 2. The highest BCUT2D eigenvalue weighted by atomic mass is 35.5. The molecule has 0 unspecified atom stereocenters. The van der Waals surface area contributed by atoms with E-state index < -0.39 is 0 Å². The molecule has 1 amide bonds. The summed E-state index contributed by atoms with van der Waals surface area (Å²) < 4.78 is 6.85. The van der Waals surface area contributed by atoms with Crippen molar-refractivity contribution in [3.8, 4) is 5.75 Å². The number of hydrogen-bond acceptors (Lipinski definition) is 4. The van der Waals surface area contributed by atoms with E-state index in [0.717, 1.165) is 0 Å². The van der Waals surface area contributed by atoms with Crippen LogP contribution in [0.2, 0.25) is 10.0 Å². The minimum Gasteiger partial charge on any atom is -0.492 e. The van der Waals surface area contributed by atoms with E-state index in [9.17, 15) is 9.59 Å². The van der Waals surface area contributed by atoms with Crippen molar-refractivity contribution in [3.63, 3.8) is 0 Å². The summed E-state index contributed by atoms with van der Waals surface area (Å²) in [7, 11) is 0. The third-order valence-corrected chi connectivity index (χ3v) is 4.37. The van der Waals surface area contributed by atoms with Crippen molar-refractivity contribution < 1.29 is 9.53 Å². The maximum atomic E-state index is 12.4. The Morgan fingerprint density at radius 1 is 1.19 bits per heavy atom. The Labute approximate surface area is 165 Å². The van der Waals surface area contributed by atoms with E-state index in [4.69, 9.17) is 27.9 Å². The van der Waals surface area contributed by atoms with Crippen molar-refractivity contribution in [1.29, 1.82) is 0 Å². The molecule has 3 rings (SSSR count). The van der Waals surface area contributed by atoms with Crippen LogP contribution < -0.4 is 15.6 Å². The molecule has 2 aromatic carbocycles. The molecule has 1 N–H and O–H groups in total. The summed E-state index contributed by atoms with van der Waals surface area (Å²) in [4.78, 5) is 28.6. The van der Waals surface area contributed by atoms with Crippen LogP contribution in [0.4, 0.5) is 0 Å². The van der Waals surface area contributed by atoms with E-state index in [2.05, 4.69) is 10.3 Å². The van der Waals surface area contributed by atoms with Crippen molar-refractivity contribution in [2.75, 3.05) is 13.2 Å². The maximum Gasteiger partial charge on any atom is 0.261 e. The van der Waals surface area contributed by atoms with Crippen molar-refractivity contribution in [3.05, 3.63) is 69.2 Å². The smallest absolute Gasteiger partial charge is 0.261 e. The lowest BCUT2D eigenvalue weighted by Gasteiger charge is -2.10. The Morgan fingerprint density at radius 3 is 2.81 bits per heavy atom. The molecule has 0 aliphatic rings. The van der Waals surface area contributed by atoms with E-state index in [1.807, 2.05) is 6.07 Å². The normalized spacial score (nSPS) is 10.7. The summed E-state index contributed by atoms with van der Waals surface area (Å²) in [6.45, 7) is 0.722. The third kappa shape index (κ3) is 4.99. The molecule has 0 spiro atoms. The number of benzene rings is 2. The highest BCUT2D eigenvalue weighted by Gasteiger charge is 2.08. The molecule has 0 saturated carbocycles. The van der Waals surface area contributed by atoms with Crippen LogP contribution in [0.15, 0.2) is 53.6 Å². The summed E-state index contributed by atoms with van der Waals surface area (Å²) in [5.74, 6) is 0.278. The van der Waals surface area contributed by atoms with Crippen molar-refractivity contribution >= 4 is 40.0 Å². The molecular formula is C19H17Cl2N3O3. The highest BCUT2D eigenvalue weighted by molar-refractivity contribution is 6.35. The summed E-state index contributed by atoms with van der Waals surface area (Å²) in [5.41, 5.74) is 0.369. The fourth-order valence-electron chi connectivity index (χ4n) is 2.50. The molecule has 0 atom stereocenters. The van der Waals surface area contributed by atoms with Gasteiger partial charge in [-0.05, 0) is 36.8 Å². The van der Waals surface area contributed by atoms with Crippen LogP contribution in [0.5, 0.6) is 5.75 Å². The zero-order chi connectivity index (χ0) is 19.2. The first kappa shape index (κ1) is 19.2. The van der Waals surface area contributed by atoms with Gasteiger partial charge in [-0.3, -0.25) is 14.2 Å². The SMILES string of the molecule is O=C(Cn1cnc2ccccc2c1=O)NCCCOc1ccc(Cl)cc1Cl. The summed E-state index contributed by atoms with van der Waals surface area (Å²) in [6.07, 6.45) is 1.98. The van der Waals surface area contributed by atoms with Gasteiger partial charge in [0, 0.05) is 11.6 Å². The largest absolute Gasteiger partial charge is 0.492 e. The molecular weight excluding hydrogens is 389 g/mol. The fourth-order valence-corrected chi connectivity index (χ4v) is 2.97. The number of para-hydroxylation sites is 1. The van der Waals surface area contributed by atoms with Gasteiger partial charge < -0.3 is 10.1 Å². The average Bonchev–Trinajstić information content (AvgIpc) is 2.65. The maximum absolute atomic E-state index is 12.4. The van der Waals surface area contributed by atoms with E-state index in [0.29, 0.717) is 46.3 Å². The van der Waals surface area contributed by atoms with Crippen LogP contribution in [0.3, 0.4) is 0 Å². The van der Waals surface area contributed by atoms with E-state index in [1.54, 1.807) is 36.4 Å². The van der Waals surface area contributed by atoms with Gasteiger partial charge in [-0.25, -0.2) is 4.98 Å². The fraction of sp³-hybridized carbons (Fsp3) is 0.211. The minimum atomic E-state index is -0.265. The minimum absolute atomic E-state index is 0.0828. The summed E-state index contributed by atoms with van der Waals surface area (Å²) >= 11 is 11.9. The van der Waals surface area contributed by atoms with Gasteiger partial charge in [-0.15, -0.1) is 0 Å². The molecule has 0 bridgehead atoms. The number of hydrogen-bond donors (Lipinski definition) is 1. The Bertz CT molecular complexity index is 1020. The van der Waals surface area contributed by atoms with Crippen molar-refractivity contribution in [2.45, 2.75) is 13.0 Å². The number of fused-ring (bicyclic) bond motifs is 1. The quantitative estimate of drug-likeness (QED) is 0.612. The van der Waals surface area contributed by atoms with Crippen LogP contribution in [0.25, 0.3) is 10.9 Å². The second kappa shape index (κ2) is 8.88. The van der Waals surface area contributed by atoms with Crippen LogP contribution in [0.1, 0.15) is 6.42 Å². The van der Waals surface area contributed by atoms with E-state index in [1.165, 1.54) is 10.9 Å². The van der Waals surface area contributed by atoms with Gasteiger partial charge in [0.15, 0.2) is 0 Å². The number of ether oxygens (including phenoxy) is 1. The van der Waals surface area contributed by atoms with Gasteiger partial charge in [0.2, 0.25) is 5.91 Å². The highest BCUT2D eigenvalue weighted by Crippen LogP contribution is 2.27. The predicted octanol–water partition coefficient (Wildman–Crippen LogP) is 3.29. The predicted molar refractivity (Wildman–Crippen MR) is 106 cm³/mol. The zero-order valence-electron chi connectivity index (χ0n) is 14.3. The van der Waals surface area contributed by atoms with Gasteiger partial charge >= 0.3 is 0 Å². The van der Waals surface area contributed by atoms with Gasteiger partial charge in [-0.1, -0.05) is 35.3 Å². The molecule has 3 aromatic rings. The number of rotatable bonds is 7. The summed E-state index contributed by atoms with van der Waals surface area (Å²) in [6, 6.07) is 12.0. The molecule has 0 fully saturated rings. The Morgan fingerprint density at radius 2 is 2.00 bits per heavy atom. The summed E-state index contributed by atoms with van der Waals surface area (Å²) in [5, 5.41) is 4.22. The van der Waals surface area contributed by atoms with E-state index in [-0.39, 0.29) is 18.0 Å². The second-order valence-corrected chi connectivity index (χ2v) is 6.67. The average molecular weight is 406 g/mol. The second-order valence-electron chi connectivity index (χ2n) is 5.82. The first-order valence-electron chi connectivity index (χ1n) is 8.33. The standard InChI is InChI=1S/C19H17Cl2N3O3/c20-13-6-7-17(15(21)10-13)27-9-3-8-22-18(25)11-24-12-23-16-5-2-1-4-14(16)19(24)26/h1-2,4-7,10,12H,3,8-9,11H2,(H,22,25). The third-order valence-electron chi connectivity index (χ3n) is 3.84. The van der Waals surface area contributed by atoms with E-state index >= 15 is 0 Å². The van der Waals surface area contributed by atoms with Gasteiger partial charge in [-0.2, -0.15) is 0 Å². The molecule has 1 aromatic heterocycles. The molecule has 0 aliphatic carbocycles. The molecule has 0 saturated heterocycles. The van der Waals surface area contributed by atoms with Gasteiger partial charge in [0.25, 0.3) is 5.56 Å². The number of aromatic nitrogens is 2. The molecule has 6 nitrogen and oxygen atoms in total. The van der Waals surface area contributed by atoms with Crippen molar-refractivity contribution in [2.24, 2.45) is 0 Å². The van der Waals surface area contributed by atoms with Crippen LogP contribution in [-0.2, 0) is 11.3 Å². The lowest BCUT2D eigenvalue weighted by molar-refractivity contribution is -0.121. The molecule has 8 heteroatoms. The first-order chi connectivity index (χ1) is 13.0. The number of amides is 1. The van der Waals surface area contributed by atoms with Gasteiger partial charge in [0.05, 0.1) is 28.9 Å². The lowest BCUT2D eigenvalue weighted by atomic mass is 10.2.